The minimum Gasteiger partial charge on any atom is -0.397 e. The van der Waals surface area contributed by atoms with Crippen molar-refractivity contribution in [3.05, 3.63) is 53.3 Å². The van der Waals surface area contributed by atoms with Crippen LogP contribution in [0.3, 0.4) is 0 Å². The van der Waals surface area contributed by atoms with Crippen molar-refractivity contribution in [2.75, 3.05) is 29.0 Å². The fraction of sp³-hybridized carbons (Fsp3) is 0.381. The van der Waals surface area contributed by atoms with Crippen LogP contribution in [0.1, 0.15) is 36.2 Å². The maximum Gasteiger partial charge on any atom is 0.258 e. The van der Waals surface area contributed by atoms with Gasteiger partial charge in [-0.1, -0.05) is 26.0 Å². The summed E-state index contributed by atoms with van der Waals surface area (Å²) in [7, 11) is 0. The highest BCUT2D eigenvalue weighted by Gasteiger charge is 2.24. The van der Waals surface area contributed by atoms with Crippen LogP contribution in [0.2, 0.25) is 0 Å². The number of nitrogens with zero attached hydrogens (tertiary/aromatic N) is 1. The molecule has 1 aliphatic heterocycles. The summed E-state index contributed by atoms with van der Waals surface area (Å²) in [5, 5.41) is 2.77. The Hall–Kier alpha value is -2.56. The molecular weight excluding hydrogens is 329 g/mol. The third-order valence-electron chi connectivity index (χ3n) is 4.94. The summed E-state index contributed by atoms with van der Waals surface area (Å²) in [4.78, 5) is 14.8. The van der Waals surface area contributed by atoms with E-state index < -0.39 is 11.7 Å². The second kappa shape index (κ2) is 7.36. The standard InChI is InChI=1S/C21H26FN3O/c1-13-8-14(2)12-25(11-13)20-10-19(18(23)9-15(20)3)24-21(26)16-6-4-5-7-17(16)22/h4-7,9-10,13-14H,8,11-12,23H2,1-3H3,(H,24,26). The van der Waals surface area contributed by atoms with Gasteiger partial charge in [-0.25, -0.2) is 4.39 Å². The van der Waals surface area contributed by atoms with Gasteiger partial charge >= 0.3 is 0 Å². The molecule has 4 nitrogen and oxygen atoms in total. The highest BCUT2D eigenvalue weighted by Crippen LogP contribution is 2.33. The largest absolute Gasteiger partial charge is 0.397 e. The first-order chi connectivity index (χ1) is 12.3. The number of nitrogen functional groups attached to an aromatic ring is 1. The van der Waals surface area contributed by atoms with Gasteiger partial charge in [0.05, 0.1) is 16.9 Å². The number of nitrogens with two attached hydrogens (primary N) is 1. The van der Waals surface area contributed by atoms with Crippen molar-refractivity contribution < 1.29 is 9.18 Å². The summed E-state index contributed by atoms with van der Waals surface area (Å²) in [5.74, 6) is 0.193. The van der Waals surface area contributed by atoms with Gasteiger partial charge in [-0.05, 0) is 55.0 Å². The Balaban J connectivity index is 1.89. The Bertz CT molecular complexity index is 811. The predicted octanol–water partition coefficient (Wildman–Crippen LogP) is 4.45. The lowest BCUT2D eigenvalue weighted by atomic mass is 9.91. The number of amides is 1. The molecule has 0 saturated carbocycles. The molecule has 3 N–H and O–H groups in total. The summed E-state index contributed by atoms with van der Waals surface area (Å²) < 4.78 is 13.9. The number of carbonyl (C=O) groups is 1. The molecule has 0 aromatic heterocycles. The Labute approximate surface area is 154 Å². The molecule has 2 unspecified atom stereocenters. The molecule has 0 aliphatic carbocycles. The molecule has 0 radical (unpaired) electrons. The number of carbonyl (C=O) groups excluding carboxylic acids is 1. The van der Waals surface area contributed by atoms with Gasteiger partial charge < -0.3 is 16.0 Å². The fourth-order valence-corrected chi connectivity index (χ4v) is 3.86. The van der Waals surface area contributed by atoms with Crippen molar-refractivity contribution in [3.63, 3.8) is 0 Å². The maximum atomic E-state index is 13.9. The number of rotatable bonds is 3. The predicted molar refractivity (Wildman–Crippen MR) is 105 cm³/mol. The van der Waals surface area contributed by atoms with Crippen molar-refractivity contribution in [2.24, 2.45) is 11.8 Å². The first kappa shape index (κ1) is 18.2. The van der Waals surface area contributed by atoms with E-state index in [0.717, 1.165) is 24.3 Å². The smallest absolute Gasteiger partial charge is 0.258 e. The zero-order chi connectivity index (χ0) is 18.8. The van der Waals surface area contributed by atoms with Gasteiger partial charge in [-0.15, -0.1) is 0 Å². The van der Waals surface area contributed by atoms with Gasteiger partial charge in [0, 0.05) is 18.8 Å². The van der Waals surface area contributed by atoms with Gasteiger partial charge in [-0.2, -0.15) is 0 Å². The van der Waals surface area contributed by atoms with E-state index in [4.69, 9.17) is 5.73 Å². The summed E-state index contributed by atoms with van der Waals surface area (Å²) in [6.45, 7) is 8.51. The van der Waals surface area contributed by atoms with Crippen LogP contribution in [0.15, 0.2) is 36.4 Å². The molecule has 2 aromatic rings. The van der Waals surface area contributed by atoms with Crippen LogP contribution in [0, 0.1) is 24.6 Å². The molecule has 1 heterocycles. The number of anilines is 3. The number of hydrogen-bond acceptors (Lipinski definition) is 3. The Kier molecular flexibility index (Phi) is 5.16. The van der Waals surface area contributed by atoms with Crippen molar-refractivity contribution in [1.29, 1.82) is 0 Å². The molecular formula is C21H26FN3O. The topological polar surface area (TPSA) is 58.4 Å². The lowest BCUT2D eigenvalue weighted by Gasteiger charge is -2.37. The van der Waals surface area contributed by atoms with E-state index in [-0.39, 0.29) is 5.56 Å². The molecule has 0 spiro atoms. The molecule has 138 valence electrons. The zero-order valence-corrected chi connectivity index (χ0v) is 15.6. The van der Waals surface area contributed by atoms with Crippen molar-refractivity contribution in [1.82, 2.24) is 0 Å². The molecule has 3 rings (SSSR count). The summed E-state index contributed by atoms with van der Waals surface area (Å²) in [6.07, 6.45) is 1.22. The number of piperidine rings is 1. The first-order valence-corrected chi connectivity index (χ1v) is 9.06. The number of hydrogen-bond donors (Lipinski definition) is 2. The highest BCUT2D eigenvalue weighted by atomic mass is 19.1. The van der Waals surface area contributed by atoms with E-state index in [0.29, 0.717) is 23.2 Å². The number of aryl methyl sites for hydroxylation is 1. The molecule has 2 aromatic carbocycles. The third-order valence-corrected chi connectivity index (χ3v) is 4.94. The summed E-state index contributed by atoms with van der Waals surface area (Å²) >= 11 is 0. The molecule has 26 heavy (non-hydrogen) atoms. The Morgan fingerprint density at radius 2 is 1.85 bits per heavy atom. The van der Waals surface area contributed by atoms with Crippen molar-refractivity contribution in [3.8, 4) is 0 Å². The van der Waals surface area contributed by atoms with E-state index in [1.165, 1.54) is 18.6 Å². The monoisotopic (exact) mass is 355 g/mol. The van der Waals surface area contributed by atoms with E-state index in [1.54, 1.807) is 12.1 Å². The molecule has 1 fully saturated rings. The van der Waals surface area contributed by atoms with Crippen LogP contribution in [-0.4, -0.2) is 19.0 Å². The molecule has 0 bridgehead atoms. The van der Waals surface area contributed by atoms with Gasteiger partial charge in [0.2, 0.25) is 0 Å². The molecule has 1 aliphatic rings. The van der Waals surface area contributed by atoms with Gasteiger partial charge in [0.25, 0.3) is 5.91 Å². The van der Waals surface area contributed by atoms with Crippen LogP contribution in [0.25, 0.3) is 0 Å². The molecule has 1 amide bonds. The van der Waals surface area contributed by atoms with Crippen LogP contribution in [0.5, 0.6) is 0 Å². The van der Waals surface area contributed by atoms with E-state index in [1.807, 2.05) is 19.1 Å². The average molecular weight is 355 g/mol. The van der Waals surface area contributed by atoms with Crippen molar-refractivity contribution in [2.45, 2.75) is 27.2 Å². The van der Waals surface area contributed by atoms with Gasteiger partial charge in [-0.3, -0.25) is 4.79 Å². The first-order valence-electron chi connectivity index (χ1n) is 9.06. The number of halogens is 1. The second-order valence-electron chi connectivity index (χ2n) is 7.51. The van der Waals surface area contributed by atoms with Crippen LogP contribution >= 0.6 is 0 Å². The molecule has 5 heteroatoms. The zero-order valence-electron chi connectivity index (χ0n) is 15.6. The van der Waals surface area contributed by atoms with Crippen LogP contribution in [-0.2, 0) is 0 Å². The normalized spacial score (nSPS) is 20.1. The van der Waals surface area contributed by atoms with E-state index in [9.17, 15) is 9.18 Å². The average Bonchev–Trinajstić information content (AvgIpc) is 2.56. The van der Waals surface area contributed by atoms with E-state index in [2.05, 4.69) is 24.1 Å². The van der Waals surface area contributed by atoms with Crippen molar-refractivity contribution >= 4 is 23.0 Å². The van der Waals surface area contributed by atoms with Gasteiger partial charge in [0.1, 0.15) is 5.82 Å². The molecule has 2 atom stereocenters. The summed E-state index contributed by atoms with van der Waals surface area (Å²) in [6, 6.07) is 9.71. The SMILES string of the molecule is Cc1cc(N)c(NC(=O)c2ccccc2F)cc1N1CC(C)CC(C)C1. The van der Waals surface area contributed by atoms with Crippen LogP contribution in [0.4, 0.5) is 21.5 Å². The quantitative estimate of drug-likeness (QED) is 0.800. The summed E-state index contributed by atoms with van der Waals surface area (Å²) in [5.41, 5.74) is 9.27. The highest BCUT2D eigenvalue weighted by molar-refractivity contribution is 6.06. The number of benzene rings is 2. The Morgan fingerprint density at radius 1 is 1.19 bits per heavy atom. The Morgan fingerprint density at radius 3 is 2.50 bits per heavy atom. The van der Waals surface area contributed by atoms with Gasteiger partial charge in [0.15, 0.2) is 0 Å². The van der Waals surface area contributed by atoms with E-state index >= 15 is 0 Å². The fourth-order valence-electron chi connectivity index (χ4n) is 3.86. The number of nitrogens with one attached hydrogen (secondary N) is 1. The minimum absolute atomic E-state index is 0.00856. The maximum absolute atomic E-state index is 13.9. The van der Waals surface area contributed by atoms with Crippen LogP contribution < -0.4 is 16.0 Å². The third kappa shape index (κ3) is 3.82. The minimum atomic E-state index is -0.547. The lowest BCUT2D eigenvalue weighted by molar-refractivity contribution is 0.102. The lowest BCUT2D eigenvalue weighted by Crippen LogP contribution is -2.39. The molecule has 1 saturated heterocycles. The second-order valence-corrected chi connectivity index (χ2v) is 7.51.